The van der Waals surface area contributed by atoms with E-state index in [2.05, 4.69) is 11.1 Å². The van der Waals surface area contributed by atoms with Gasteiger partial charge in [-0.15, -0.1) is 0 Å². The Morgan fingerprint density at radius 2 is 2.24 bits per heavy atom. The number of fused-ring (bicyclic) bond motifs is 2. The first kappa shape index (κ1) is 10.3. The molecule has 3 heteroatoms. The van der Waals surface area contributed by atoms with Crippen molar-refractivity contribution in [1.29, 1.82) is 0 Å². The summed E-state index contributed by atoms with van der Waals surface area (Å²) in [7, 11) is 0. The van der Waals surface area contributed by atoms with Gasteiger partial charge in [-0.3, -0.25) is 9.79 Å². The summed E-state index contributed by atoms with van der Waals surface area (Å²) in [5, 5.41) is 0. The quantitative estimate of drug-likeness (QED) is 0.626. The van der Waals surface area contributed by atoms with E-state index in [4.69, 9.17) is 0 Å². The van der Waals surface area contributed by atoms with Crippen LogP contribution in [0.2, 0.25) is 0 Å². The van der Waals surface area contributed by atoms with E-state index in [1.54, 1.807) is 0 Å². The summed E-state index contributed by atoms with van der Waals surface area (Å²) in [6.45, 7) is 2.76. The number of benzene rings is 1. The second kappa shape index (κ2) is 3.84. The van der Waals surface area contributed by atoms with Crippen molar-refractivity contribution in [2.24, 2.45) is 4.99 Å². The smallest absolute Gasteiger partial charge is 0.256 e. The Labute approximate surface area is 100 Å². The summed E-state index contributed by atoms with van der Waals surface area (Å²) < 4.78 is 0. The fourth-order valence-electron chi connectivity index (χ4n) is 2.43. The molecule has 1 fully saturated rings. The van der Waals surface area contributed by atoms with Crippen LogP contribution in [0.25, 0.3) is 0 Å². The molecule has 0 bridgehead atoms. The van der Waals surface area contributed by atoms with Gasteiger partial charge in [0.05, 0.1) is 17.3 Å². The molecular formula is C14H14N2O. The predicted molar refractivity (Wildman–Crippen MR) is 67.8 cm³/mol. The molecule has 1 aromatic carbocycles. The molecule has 0 aliphatic carbocycles. The fraction of sp³-hybridized carbons (Fsp3) is 0.286. The van der Waals surface area contributed by atoms with Crippen LogP contribution in [0.4, 0.5) is 5.69 Å². The highest BCUT2D eigenvalue weighted by Crippen LogP contribution is 2.30. The van der Waals surface area contributed by atoms with Crippen molar-refractivity contribution in [3.8, 4) is 0 Å². The van der Waals surface area contributed by atoms with Crippen LogP contribution >= 0.6 is 0 Å². The van der Waals surface area contributed by atoms with E-state index in [9.17, 15) is 4.79 Å². The van der Waals surface area contributed by atoms with E-state index < -0.39 is 0 Å². The van der Waals surface area contributed by atoms with Crippen LogP contribution in [0.15, 0.2) is 40.9 Å². The number of carbonyl (C=O) groups excluding carboxylic acids is 1. The molecule has 2 aliphatic heterocycles. The Morgan fingerprint density at radius 1 is 1.41 bits per heavy atom. The average Bonchev–Trinajstić information content (AvgIpc) is 2.74. The highest BCUT2D eigenvalue weighted by molar-refractivity contribution is 6.03. The molecule has 0 saturated carbocycles. The van der Waals surface area contributed by atoms with Crippen molar-refractivity contribution in [3.05, 3.63) is 41.5 Å². The topological polar surface area (TPSA) is 32.7 Å². The lowest BCUT2D eigenvalue weighted by Gasteiger charge is -2.19. The Bertz CT molecular complexity index is 531. The number of carbonyl (C=O) groups is 1. The minimum absolute atomic E-state index is 0.0972. The maximum Gasteiger partial charge on any atom is 0.256 e. The van der Waals surface area contributed by atoms with Gasteiger partial charge in [0.25, 0.3) is 5.91 Å². The zero-order valence-corrected chi connectivity index (χ0v) is 9.76. The zero-order valence-electron chi connectivity index (χ0n) is 9.76. The zero-order chi connectivity index (χ0) is 11.8. The molecule has 0 aromatic heterocycles. The number of allylic oxidation sites excluding steroid dienone is 1. The summed E-state index contributed by atoms with van der Waals surface area (Å²) in [5.41, 5.74) is 2.81. The van der Waals surface area contributed by atoms with Crippen molar-refractivity contribution in [2.75, 3.05) is 6.54 Å². The molecule has 1 unspecified atom stereocenters. The summed E-state index contributed by atoms with van der Waals surface area (Å²) in [4.78, 5) is 18.7. The highest BCUT2D eigenvalue weighted by Gasteiger charge is 2.33. The SMILES string of the molecule is C/C=C1/CC2C=Nc3ccccc3C(=O)N2C1. The molecule has 0 spiro atoms. The third kappa shape index (κ3) is 1.58. The lowest BCUT2D eigenvalue weighted by atomic mass is 10.1. The Morgan fingerprint density at radius 3 is 3.06 bits per heavy atom. The number of amides is 1. The molecule has 2 heterocycles. The van der Waals surface area contributed by atoms with Crippen LogP contribution < -0.4 is 0 Å². The van der Waals surface area contributed by atoms with E-state index in [1.807, 2.05) is 42.3 Å². The summed E-state index contributed by atoms with van der Waals surface area (Å²) in [6, 6.07) is 7.67. The number of nitrogens with zero attached hydrogens (tertiary/aromatic N) is 2. The van der Waals surface area contributed by atoms with Gasteiger partial charge < -0.3 is 4.90 Å². The maximum absolute atomic E-state index is 12.4. The first-order chi connectivity index (χ1) is 8.29. The van der Waals surface area contributed by atoms with Gasteiger partial charge in [0, 0.05) is 12.8 Å². The largest absolute Gasteiger partial charge is 0.326 e. The lowest BCUT2D eigenvalue weighted by molar-refractivity contribution is 0.0778. The van der Waals surface area contributed by atoms with Gasteiger partial charge in [-0.05, 0) is 25.5 Å². The first-order valence-corrected chi connectivity index (χ1v) is 5.88. The molecule has 1 amide bonds. The molecule has 3 nitrogen and oxygen atoms in total. The molecule has 86 valence electrons. The van der Waals surface area contributed by atoms with E-state index >= 15 is 0 Å². The Balaban J connectivity index is 2.05. The van der Waals surface area contributed by atoms with Gasteiger partial charge in [-0.1, -0.05) is 23.8 Å². The van der Waals surface area contributed by atoms with Crippen LogP contribution in [0.3, 0.4) is 0 Å². The molecule has 2 aliphatic rings. The molecular weight excluding hydrogens is 212 g/mol. The predicted octanol–water partition coefficient (Wildman–Crippen LogP) is 2.56. The molecule has 1 saturated heterocycles. The van der Waals surface area contributed by atoms with Crippen molar-refractivity contribution >= 4 is 17.8 Å². The number of aliphatic imine (C=N–C) groups is 1. The molecule has 0 N–H and O–H groups in total. The summed E-state index contributed by atoms with van der Waals surface area (Å²) in [5.74, 6) is 0.0972. The minimum Gasteiger partial charge on any atom is -0.326 e. The number of para-hydroxylation sites is 1. The molecule has 1 atom stereocenters. The van der Waals surface area contributed by atoms with Gasteiger partial charge in [0.15, 0.2) is 0 Å². The highest BCUT2D eigenvalue weighted by atomic mass is 16.2. The van der Waals surface area contributed by atoms with Crippen LogP contribution in [-0.4, -0.2) is 29.6 Å². The standard InChI is InChI=1S/C14H14N2O/c1-2-10-7-11-8-15-13-6-4-3-5-12(13)14(17)16(11)9-10/h2-6,8,11H,7,9H2,1H3/b10-2-. The van der Waals surface area contributed by atoms with Crippen molar-refractivity contribution in [1.82, 2.24) is 4.90 Å². The number of hydrogen-bond acceptors (Lipinski definition) is 2. The van der Waals surface area contributed by atoms with Gasteiger partial charge in [-0.2, -0.15) is 0 Å². The van der Waals surface area contributed by atoms with Gasteiger partial charge in [0.1, 0.15) is 0 Å². The van der Waals surface area contributed by atoms with Crippen LogP contribution in [0, 0.1) is 0 Å². The van der Waals surface area contributed by atoms with Crippen LogP contribution in [0.5, 0.6) is 0 Å². The number of rotatable bonds is 0. The second-order valence-corrected chi connectivity index (χ2v) is 4.45. The van der Waals surface area contributed by atoms with Crippen molar-refractivity contribution in [2.45, 2.75) is 19.4 Å². The average molecular weight is 226 g/mol. The lowest BCUT2D eigenvalue weighted by Crippen LogP contribution is -2.35. The summed E-state index contributed by atoms with van der Waals surface area (Å²) >= 11 is 0. The normalized spacial score (nSPS) is 24.8. The van der Waals surface area contributed by atoms with E-state index in [0.717, 1.165) is 18.7 Å². The van der Waals surface area contributed by atoms with Crippen LogP contribution in [-0.2, 0) is 0 Å². The fourth-order valence-corrected chi connectivity index (χ4v) is 2.43. The molecule has 3 rings (SSSR count). The maximum atomic E-state index is 12.4. The Hall–Kier alpha value is -1.90. The monoisotopic (exact) mass is 226 g/mol. The van der Waals surface area contributed by atoms with Gasteiger partial charge in [-0.25, -0.2) is 0 Å². The van der Waals surface area contributed by atoms with Gasteiger partial charge in [0.2, 0.25) is 0 Å². The molecule has 1 aromatic rings. The third-order valence-electron chi connectivity index (χ3n) is 3.43. The number of hydrogen-bond donors (Lipinski definition) is 0. The van der Waals surface area contributed by atoms with E-state index in [0.29, 0.717) is 5.56 Å². The Kier molecular flexibility index (Phi) is 2.32. The summed E-state index contributed by atoms with van der Waals surface area (Å²) in [6.07, 6.45) is 4.92. The first-order valence-electron chi connectivity index (χ1n) is 5.88. The third-order valence-corrected chi connectivity index (χ3v) is 3.43. The van der Waals surface area contributed by atoms with Crippen molar-refractivity contribution in [3.63, 3.8) is 0 Å². The minimum atomic E-state index is 0.0972. The van der Waals surface area contributed by atoms with Gasteiger partial charge >= 0.3 is 0 Å². The molecule has 17 heavy (non-hydrogen) atoms. The second-order valence-electron chi connectivity index (χ2n) is 4.45. The van der Waals surface area contributed by atoms with Crippen LogP contribution in [0.1, 0.15) is 23.7 Å². The van der Waals surface area contributed by atoms with Crippen molar-refractivity contribution < 1.29 is 4.79 Å². The van der Waals surface area contributed by atoms with E-state index in [1.165, 1.54) is 5.57 Å². The van der Waals surface area contributed by atoms with E-state index in [-0.39, 0.29) is 11.9 Å². The molecule has 0 radical (unpaired) electrons.